The van der Waals surface area contributed by atoms with Crippen molar-refractivity contribution in [2.75, 3.05) is 25.1 Å². The van der Waals surface area contributed by atoms with Gasteiger partial charge in [-0.3, -0.25) is 0 Å². The SMILES string of the molecule is CCOc1ccccc1OCCNc1ccc(F)c(Br)c1. The normalized spacial score (nSPS) is 10.2. The van der Waals surface area contributed by atoms with Gasteiger partial charge < -0.3 is 14.8 Å². The molecule has 1 N–H and O–H groups in total. The summed E-state index contributed by atoms with van der Waals surface area (Å²) >= 11 is 3.16. The van der Waals surface area contributed by atoms with Crippen molar-refractivity contribution in [1.82, 2.24) is 0 Å². The van der Waals surface area contributed by atoms with Crippen LogP contribution >= 0.6 is 15.9 Å². The molecule has 112 valence electrons. The highest BCUT2D eigenvalue weighted by Gasteiger charge is 2.03. The lowest BCUT2D eigenvalue weighted by Crippen LogP contribution is -2.12. The Morgan fingerprint density at radius 2 is 1.81 bits per heavy atom. The van der Waals surface area contributed by atoms with E-state index in [1.54, 1.807) is 12.1 Å². The van der Waals surface area contributed by atoms with Crippen LogP contribution in [0.5, 0.6) is 11.5 Å². The van der Waals surface area contributed by atoms with E-state index in [0.29, 0.717) is 24.2 Å². The minimum atomic E-state index is -0.276. The van der Waals surface area contributed by atoms with Gasteiger partial charge in [-0.15, -0.1) is 0 Å². The average molecular weight is 354 g/mol. The van der Waals surface area contributed by atoms with Crippen molar-refractivity contribution in [2.45, 2.75) is 6.92 Å². The van der Waals surface area contributed by atoms with Crippen molar-refractivity contribution in [1.29, 1.82) is 0 Å². The van der Waals surface area contributed by atoms with Crippen LogP contribution in [0.4, 0.5) is 10.1 Å². The van der Waals surface area contributed by atoms with E-state index in [-0.39, 0.29) is 5.82 Å². The monoisotopic (exact) mass is 353 g/mol. The number of halogens is 2. The molecule has 2 aromatic carbocycles. The van der Waals surface area contributed by atoms with Gasteiger partial charge in [0.2, 0.25) is 0 Å². The van der Waals surface area contributed by atoms with Crippen molar-refractivity contribution in [3.8, 4) is 11.5 Å². The molecule has 0 bridgehead atoms. The van der Waals surface area contributed by atoms with Crippen LogP contribution in [0.2, 0.25) is 0 Å². The average Bonchev–Trinajstić information content (AvgIpc) is 2.49. The van der Waals surface area contributed by atoms with Gasteiger partial charge >= 0.3 is 0 Å². The highest BCUT2D eigenvalue weighted by Crippen LogP contribution is 2.26. The summed E-state index contributed by atoms with van der Waals surface area (Å²) in [4.78, 5) is 0. The van der Waals surface area contributed by atoms with Crippen molar-refractivity contribution >= 4 is 21.6 Å². The van der Waals surface area contributed by atoms with Gasteiger partial charge in [0.1, 0.15) is 12.4 Å². The smallest absolute Gasteiger partial charge is 0.161 e. The summed E-state index contributed by atoms with van der Waals surface area (Å²) in [5, 5.41) is 3.17. The van der Waals surface area contributed by atoms with Crippen LogP contribution in [-0.2, 0) is 0 Å². The van der Waals surface area contributed by atoms with Crippen LogP contribution in [-0.4, -0.2) is 19.8 Å². The maximum absolute atomic E-state index is 13.1. The molecule has 5 heteroatoms. The molecule has 0 saturated heterocycles. The molecule has 0 spiro atoms. The summed E-state index contributed by atoms with van der Waals surface area (Å²) in [6.45, 7) is 3.63. The van der Waals surface area contributed by atoms with E-state index < -0.39 is 0 Å². The molecule has 3 nitrogen and oxygen atoms in total. The van der Waals surface area contributed by atoms with Crippen LogP contribution in [0.1, 0.15) is 6.92 Å². The predicted molar refractivity (Wildman–Crippen MR) is 85.7 cm³/mol. The fourth-order valence-corrected chi connectivity index (χ4v) is 2.19. The first-order chi connectivity index (χ1) is 10.2. The fraction of sp³-hybridized carbons (Fsp3) is 0.250. The molecule has 2 aromatic rings. The van der Waals surface area contributed by atoms with Crippen molar-refractivity contribution in [2.24, 2.45) is 0 Å². The second-order valence-electron chi connectivity index (χ2n) is 4.28. The first kappa shape index (κ1) is 15.6. The highest BCUT2D eigenvalue weighted by atomic mass is 79.9. The summed E-state index contributed by atoms with van der Waals surface area (Å²) in [6, 6.07) is 12.4. The van der Waals surface area contributed by atoms with E-state index in [4.69, 9.17) is 9.47 Å². The maximum atomic E-state index is 13.1. The molecule has 0 atom stereocenters. The lowest BCUT2D eigenvalue weighted by Gasteiger charge is -2.12. The van der Waals surface area contributed by atoms with Gasteiger partial charge in [-0.25, -0.2) is 4.39 Å². The third-order valence-corrected chi connectivity index (χ3v) is 3.37. The van der Waals surface area contributed by atoms with Gasteiger partial charge in [-0.2, -0.15) is 0 Å². The zero-order chi connectivity index (χ0) is 15.1. The topological polar surface area (TPSA) is 30.5 Å². The molecule has 0 aliphatic carbocycles. The van der Waals surface area contributed by atoms with E-state index in [9.17, 15) is 4.39 Å². The van der Waals surface area contributed by atoms with Crippen LogP contribution < -0.4 is 14.8 Å². The zero-order valence-electron chi connectivity index (χ0n) is 11.7. The van der Waals surface area contributed by atoms with Crippen LogP contribution in [0.3, 0.4) is 0 Å². The van der Waals surface area contributed by atoms with E-state index in [1.807, 2.05) is 31.2 Å². The standard InChI is InChI=1S/C16H17BrFNO2/c1-2-20-15-5-3-4-6-16(15)21-10-9-19-12-7-8-14(18)13(17)11-12/h3-8,11,19H,2,9-10H2,1H3. The molecule has 0 aliphatic heterocycles. The summed E-state index contributed by atoms with van der Waals surface area (Å²) < 4.78 is 24.7. The molecule has 0 aromatic heterocycles. The third kappa shape index (κ3) is 4.63. The van der Waals surface area contributed by atoms with Crippen LogP contribution in [0.25, 0.3) is 0 Å². The Balaban J connectivity index is 1.83. The molecular weight excluding hydrogens is 337 g/mol. The fourth-order valence-electron chi connectivity index (χ4n) is 1.81. The molecule has 0 fully saturated rings. The van der Waals surface area contributed by atoms with Crippen molar-refractivity contribution in [3.63, 3.8) is 0 Å². The molecule has 0 amide bonds. The van der Waals surface area contributed by atoms with Gasteiger partial charge in [0.25, 0.3) is 0 Å². The van der Waals surface area contributed by atoms with Crippen LogP contribution in [0.15, 0.2) is 46.9 Å². The van der Waals surface area contributed by atoms with Gasteiger partial charge in [0, 0.05) is 12.2 Å². The summed E-state index contributed by atoms with van der Waals surface area (Å²) in [7, 11) is 0. The van der Waals surface area contributed by atoms with E-state index in [0.717, 1.165) is 17.2 Å². The second-order valence-corrected chi connectivity index (χ2v) is 5.14. The maximum Gasteiger partial charge on any atom is 0.161 e. The first-order valence-corrected chi connectivity index (χ1v) is 7.53. The number of ether oxygens (including phenoxy) is 2. The Kier molecular flexibility index (Phi) is 5.87. The Morgan fingerprint density at radius 1 is 1.10 bits per heavy atom. The Bertz CT molecular complexity index is 592. The lowest BCUT2D eigenvalue weighted by atomic mass is 10.3. The predicted octanol–water partition coefficient (Wildman–Crippen LogP) is 4.48. The Morgan fingerprint density at radius 3 is 2.48 bits per heavy atom. The molecule has 0 heterocycles. The number of hydrogen-bond acceptors (Lipinski definition) is 3. The van der Waals surface area contributed by atoms with Gasteiger partial charge in [-0.1, -0.05) is 12.1 Å². The first-order valence-electron chi connectivity index (χ1n) is 6.74. The molecular formula is C16H17BrFNO2. The van der Waals surface area contributed by atoms with Crippen molar-refractivity contribution < 1.29 is 13.9 Å². The van der Waals surface area contributed by atoms with Crippen LogP contribution in [0, 0.1) is 5.82 Å². The van der Waals surface area contributed by atoms with E-state index in [1.165, 1.54) is 6.07 Å². The highest BCUT2D eigenvalue weighted by molar-refractivity contribution is 9.10. The number of hydrogen-bond donors (Lipinski definition) is 1. The number of nitrogens with one attached hydrogen (secondary N) is 1. The van der Waals surface area contributed by atoms with E-state index >= 15 is 0 Å². The van der Waals surface area contributed by atoms with Gasteiger partial charge in [0.05, 0.1) is 11.1 Å². The lowest BCUT2D eigenvalue weighted by molar-refractivity contribution is 0.284. The van der Waals surface area contributed by atoms with Gasteiger partial charge in [0.15, 0.2) is 11.5 Å². The Labute approximate surface area is 132 Å². The molecule has 0 radical (unpaired) electrons. The zero-order valence-corrected chi connectivity index (χ0v) is 13.3. The quantitative estimate of drug-likeness (QED) is 0.744. The molecule has 0 saturated carbocycles. The van der Waals surface area contributed by atoms with E-state index in [2.05, 4.69) is 21.2 Å². The minimum absolute atomic E-state index is 0.276. The largest absolute Gasteiger partial charge is 0.490 e. The second kappa shape index (κ2) is 7.88. The third-order valence-electron chi connectivity index (χ3n) is 2.76. The summed E-state index contributed by atoms with van der Waals surface area (Å²) in [5.41, 5.74) is 0.838. The number of anilines is 1. The van der Waals surface area contributed by atoms with Crippen molar-refractivity contribution in [3.05, 3.63) is 52.8 Å². The molecule has 0 unspecified atom stereocenters. The summed E-state index contributed by atoms with van der Waals surface area (Å²) in [5.74, 6) is 1.19. The Hall–Kier alpha value is -1.75. The molecule has 21 heavy (non-hydrogen) atoms. The number of benzene rings is 2. The molecule has 2 rings (SSSR count). The summed E-state index contributed by atoms with van der Waals surface area (Å²) in [6.07, 6.45) is 0. The number of para-hydroxylation sites is 2. The molecule has 0 aliphatic rings. The number of rotatable bonds is 7. The minimum Gasteiger partial charge on any atom is -0.490 e. The van der Waals surface area contributed by atoms with Gasteiger partial charge in [-0.05, 0) is 53.2 Å².